The maximum absolute atomic E-state index is 9.23. The summed E-state index contributed by atoms with van der Waals surface area (Å²) in [6.45, 7) is 5.22. The van der Waals surface area contributed by atoms with Crippen LogP contribution in [0.5, 0.6) is 0 Å². The van der Waals surface area contributed by atoms with Gasteiger partial charge in [-0.25, -0.2) is 0 Å². The highest BCUT2D eigenvalue weighted by Gasteiger charge is 2.41. The Bertz CT molecular complexity index is 463. The van der Waals surface area contributed by atoms with Crippen molar-refractivity contribution in [1.29, 1.82) is 0 Å². The normalized spacial score (nSPS) is 18.6. The second-order valence-corrected chi connectivity index (χ2v) is 5.92. The summed E-state index contributed by atoms with van der Waals surface area (Å²) in [6, 6.07) is 8.31. The van der Waals surface area contributed by atoms with Crippen LogP contribution in [0.25, 0.3) is 0 Å². The lowest BCUT2D eigenvalue weighted by Gasteiger charge is -2.12. The van der Waals surface area contributed by atoms with Crippen molar-refractivity contribution in [3.63, 3.8) is 0 Å². The Morgan fingerprint density at radius 1 is 1.40 bits per heavy atom. The number of aliphatic imine (C=N–C) groups is 1. The van der Waals surface area contributed by atoms with E-state index in [0.717, 1.165) is 24.9 Å². The molecule has 1 unspecified atom stereocenters. The number of hydrogen-bond donors (Lipinski definition) is 3. The summed E-state index contributed by atoms with van der Waals surface area (Å²) < 4.78 is 0. The maximum atomic E-state index is 9.23. The Labute approximate surface area is 121 Å². The molecule has 20 heavy (non-hydrogen) atoms. The molecule has 4 heteroatoms. The third-order valence-electron chi connectivity index (χ3n) is 4.24. The van der Waals surface area contributed by atoms with Gasteiger partial charge in [0.15, 0.2) is 5.96 Å². The average molecular weight is 275 g/mol. The molecule has 4 N–H and O–H groups in total. The lowest BCUT2D eigenvalue weighted by atomic mass is 9.99. The minimum absolute atomic E-state index is 0.00666. The van der Waals surface area contributed by atoms with Crippen LogP contribution in [0.2, 0.25) is 0 Å². The number of aliphatic hydroxyl groups excluding tert-OH is 1. The van der Waals surface area contributed by atoms with Crippen LogP contribution in [0.3, 0.4) is 0 Å². The van der Waals surface area contributed by atoms with Gasteiger partial charge in [-0.3, -0.25) is 4.99 Å². The van der Waals surface area contributed by atoms with E-state index in [1.165, 1.54) is 5.56 Å². The zero-order valence-corrected chi connectivity index (χ0v) is 12.4. The average Bonchev–Trinajstić information content (AvgIpc) is 3.26. The molecule has 1 saturated carbocycles. The van der Waals surface area contributed by atoms with Crippen molar-refractivity contribution in [2.24, 2.45) is 16.1 Å². The fourth-order valence-corrected chi connectivity index (χ4v) is 2.11. The van der Waals surface area contributed by atoms with E-state index in [9.17, 15) is 5.11 Å². The second-order valence-electron chi connectivity index (χ2n) is 5.92. The molecule has 110 valence electrons. The quantitative estimate of drug-likeness (QED) is 0.552. The molecule has 1 atom stereocenters. The molecule has 1 aromatic rings. The van der Waals surface area contributed by atoms with E-state index in [4.69, 9.17) is 5.73 Å². The predicted octanol–water partition coefficient (Wildman–Crippen LogP) is 2.70. The van der Waals surface area contributed by atoms with Gasteiger partial charge in [0.05, 0.1) is 13.2 Å². The molecule has 0 aromatic heterocycles. The van der Waals surface area contributed by atoms with E-state index >= 15 is 0 Å². The van der Waals surface area contributed by atoms with E-state index in [1.54, 1.807) is 0 Å². The van der Waals surface area contributed by atoms with Gasteiger partial charge in [0, 0.05) is 11.1 Å². The Kier molecular flexibility index (Phi) is 4.65. The summed E-state index contributed by atoms with van der Waals surface area (Å²) in [5, 5.41) is 12.3. The molecular formula is C16H25N3O. The van der Waals surface area contributed by atoms with Crippen LogP contribution in [0.4, 0.5) is 5.69 Å². The number of nitrogens with one attached hydrogen (secondary N) is 1. The number of guanidine groups is 1. The Morgan fingerprint density at radius 2 is 2.05 bits per heavy atom. The van der Waals surface area contributed by atoms with Crippen molar-refractivity contribution in [2.45, 2.75) is 39.0 Å². The minimum atomic E-state index is 0.00666. The monoisotopic (exact) mass is 275 g/mol. The minimum Gasteiger partial charge on any atom is -0.396 e. The molecule has 1 fully saturated rings. The third kappa shape index (κ3) is 3.73. The number of nitrogens with two attached hydrogens (primary N) is 1. The number of hydrogen-bond acceptors (Lipinski definition) is 2. The van der Waals surface area contributed by atoms with Gasteiger partial charge in [0.25, 0.3) is 0 Å². The first-order valence-corrected chi connectivity index (χ1v) is 7.36. The third-order valence-corrected chi connectivity index (χ3v) is 4.24. The molecule has 0 heterocycles. The summed E-state index contributed by atoms with van der Waals surface area (Å²) in [7, 11) is 0. The molecule has 1 aromatic carbocycles. The predicted molar refractivity (Wildman–Crippen MR) is 84.0 cm³/mol. The lowest BCUT2D eigenvalue weighted by Crippen LogP contribution is -2.24. The summed E-state index contributed by atoms with van der Waals surface area (Å²) in [4.78, 5) is 4.32. The van der Waals surface area contributed by atoms with Gasteiger partial charge >= 0.3 is 0 Å². The topological polar surface area (TPSA) is 70.6 Å². The highest BCUT2D eigenvalue weighted by Crippen LogP contribution is 2.45. The Balaban J connectivity index is 1.90. The van der Waals surface area contributed by atoms with Crippen molar-refractivity contribution < 1.29 is 5.11 Å². The highest BCUT2D eigenvalue weighted by atomic mass is 16.3. The summed E-state index contributed by atoms with van der Waals surface area (Å²) >= 11 is 0. The molecule has 0 bridgehead atoms. The largest absolute Gasteiger partial charge is 0.396 e. The van der Waals surface area contributed by atoms with Crippen LogP contribution < -0.4 is 11.1 Å². The van der Waals surface area contributed by atoms with Crippen molar-refractivity contribution >= 4 is 11.6 Å². The van der Waals surface area contributed by atoms with Crippen molar-refractivity contribution in [2.75, 3.05) is 18.5 Å². The van der Waals surface area contributed by atoms with Gasteiger partial charge < -0.3 is 16.2 Å². The van der Waals surface area contributed by atoms with Gasteiger partial charge in [-0.2, -0.15) is 0 Å². The van der Waals surface area contributed by atoms with E-state index in [1.807, 2.05) is 12.1 Å². The smallest absolute Gasteiger partial charge is 0.193 e. The number of anilines is 1. The number of aliphatic hydroxyl groups is 1. The van der Waals surface area contributed by atoms with Crippen molar-refractivity contribution in [1.82, 2.24) is 0 Å². The SMILES string of the molecule is CCC(C)c1ccc(NC(N)=NCC2(CO)CC2)cc1. The van der Waals surface area contributed by atoms with Gasteiger partial charge in [-0.05, 0) is 42.9 Å². The van der Waals surface area contributed by atoms with Crippen LogP contribution in [-0.2, 0) is 0 Å². The van der Waals surface area contributed by atoms with Gasteiger partial charge in [-0.1, -0.05) is 26.0 Å². The van der Waals surface area contributed by atoms with Crippen LogP contribution in [0.15, 0.2) is 29.3 Å². The fourth-order valence-electron chi connectivity index (χ4n) is 2.11. The molecule has 0 radical (unpaired) electrons. The van der Waals surface area contributed by atoms with Crippen LogP contribution >= 0.6 is 0 Å². The first-order chi connectivity index (χ1) is 9.58. The maximum Gasteiger partial charge on any atom is 0.193 e. The highest BCUT2D eigenvalue weighted by molar-refractivity contribution is 5.92. The molecule has 0 amide bonds. The van der Waals surface area contributed by atoms with Gasteiger partial charge in [0.2, 0.25) is 0 Å². The molecular weight excluding hydrogens is 250 g/mol. The molecule has 0 spiro atoms. The van der Waals surface area contributed by atoms with E-state index in [2.05, 4.69) is 36.3 Å². The lowest BCUT2D eigenvalue weighted by molar-refractivity contribution is 0.217. The zero-order valence-electron chi connectivity index (χ0n) is 12.4. The standard InChI is InChI=1S/C16H25N3O/c1-3-12(2)13-4-6-14(7-5-13)19-15(17)18-10-16(11-20)8-9-16/h4-7,12,20H,3,8-11H2,1-2H3,(H3,17,18,19). The van der Waals surface area contributed by atoms with E-state index in [0.29, 0.717) is 18.4 Å². The van der Waals surface area contributed by atoms with Crippen molar-refractivity contribution in [3.05, 3.63) is 29.8 Å². The second kappa shape index (κ2) is 6.27. The molecule has 1 aliphatic rings. The van der Waals surface area contributed by atoms with Crippen LogP contribution in [0.1, 0.15) is 44.6 Å². The summed E-state index contributed by atoms with van der Waals surface area (Å²) in [5.74, 6) is 0.996. The summed E-state index contributed by atoms with van der Waals surface area (Å²) in [6.07, 6.45) is 3.23. The van der Waals surface area contributed by atoms with Gasteiger partial charge in [-0.15, -0.1) is 0 Å². The molecule has 4 nitrogen and oxygen atoms in total. The Hall–Kier alpha value is -1.55. The summed E-state index contributed by atoms with van der Waals surface area (Å²) in [5.41, 5.74) is 8.17. The number of benzene rings is 1. The number of nitrogens with zero attached hydrogens (tertiary/aromatic N) is 1. The van der Waals surface area contributed by atoms with E-state index in [-0.39, 0.29) is 12.0 Å². The molecule has 0 aliphatic heterocycles. The molecule has 1 aliphatic carbocycles. The van der Waals surface area contributed by atoms with Crippen molar-refractivity contribution in [3.8, 4) is 0 Å². The first kappa shape index (κ1) is 14.9. The molecule has 0 saturated heterocycles. The zero-order chi connectivity index (χ0) is 14.6. The van der Waals surface area contributed by atoms with Crippen LogP contribution in [0, 0.1) is 5.41 Å². The first-order valence-electron chi connectivity index (χ1n) is 7.36. The Morgan fingerprint density at radius 3 is 2.55 bits per heavy atom. The number of rotatable bonds is 6. The van der Waals surface area contributed by atoms with E-state index < -0.39 is 0 Å². The fraction of sp³-hybridized carbons (Fsp3) is 0.562. The molecule has 2 rings (SSSR count). The van der Waals surface area contributed by atoms with Crippen LogP contribution in [-0.4, -0.2) is 24.2 Å². The van der Waals surface area contributed by atoms with Gasteiger partial charge in [0.1, 0.15) is 0 Å².